The highest BCUT2D eigenvalue weighted by Crippen LogP contribution is 2.28. The number of nitrogens with one attached hydrogen (secondary N) is 1. The quantitative estimate of drug-likeness (QED) is 0.656. The van der Waals surface area contributed by atoms with E-state index in [1.165, 1.54) is 16.9 Å². The van der Waals surface area contributed by atoms with E-state index in [-0.39, 0.29) is 5.91 Å². The van der Waals surface area contributed by atoms with E-state index in [4.69, 9.17) is 0 Å². The maximum Gasteiger partial charge on any atom is 0.267 e. The number of nitrogens with zero attached hydrogens (tertiary/aromatic N) is 4. The lowest BCUT2D eigenvalue weighted by molar-refractivity contribution is 0.103. The van der Waals surface area contributed by atoms with Gasteiger partial charge in [-0.1, -0.05) is 12.1 Å². The second-order valence-electron chi connectivity index (χ2n) is 7.55. The molecule has 1 amide bonds. The van der Waals surface area contributed by atoms with Crippen LogP contribution in [0.5, 0.6) is 0 Å². The zero-order valence-electron chi connectivity index (χ0n) is 17.5. The van der Waals surface area contributed by atoms with Gasteiger partial charge in [0.05, 0.1) is 22.1 Å². The van der Waals surface area contributed by atoms with Gasteiger partial charge in [-0.05, 0) is 50.1 Å². The Labute approximate surface area is 181 Å². The third-order valence-electron chi connectivity index (χ3n) is 5.44. The molecule has 1 aliphatic rings. The summed E-state index contributed by atoms with van der Waals surface area (Å²) in [5.74, 6) is -0.0819. The third-order valence-corrected chi connectivity index (χ3v) is 6.51. The van der Waals surface area contributed by atoms with Gasteiger partial charge in [0.2, 0.25) is 0 Å². The van der Waals surface area contributed by atoms with Crippen molar-refractivity contribution in [2.45, 2.75) is 20.3 Å². The summed E-state index contributed by atoms with van der Waals surface area (Å²) in [6, 6.07) is 12.2. The maximum absolute atomic E-state index is 12.8. The molecule has 3 heterocycles. The van der Waals surface area contributed by atoms with Crippen LogP contribution in [0.3, 0.4) is 0 Å². The molecule has 1 saturated heterocycles. The van der Waals surface area contributed by atoms with Gasteiger partial charge in [-0.25, -0.2) is 4.98 Å². The molecule has 1 N–H and O–H groups in total. The molecule has 1 aromatic carbocycles. The Kier molecular flexibility index (Phi) is 6.40. The third kappa shape index (κ3) is 4.86. The molecule has 1 aliphatic heterocycles. The molecule has 30 heavy (non-hydrogen) atoms. The van der Waals surface area contributed by atoms with Gasteiger partial charge in [-0.15, -0.1) is 11.3 Å². The van der Waals surface area contributed by atoms with Crippen molar-refractivity contribution in [2.24, 2.45) is 0 Å². The van der Waals surface area contributed by atoms with Gasteiger partial charge in [0, 0.05) is 45.1 Å². The molecule has 0 atom stereocenters. The molecule has 4 rings (SSSR count). The minimum atomic E-state index is -0.0819. The summed E-state index contributed by atoms with van der Waals surface area (Å²) in [6.45, 7) is 8.79. The largest absolute Gasteiger partial charge is 0.367 e. The van der Waals surface area contributed by atoms with Crippen molar-refractivity contribution in [3.63, 3.8) is 0 Å². The van der Waals surface area contributed by atoms with Crippen LogP contribution in [0.1, 0.15) is 25.9 Å². The Morgan fingerprint density at radius 2 is 1.80 bits per heavy atom. The molecule has 0 radical (unpaired) electrons. The van der Waals surface area contributed by atoms with Crippen molar-refractivity contribution in [3.8, 4) is 0 Å². The highest BCUT2D eigenvalue weighted by Gasteiger charge is 2.21. The summed E-state index contributed by atoms with van der Waals surface area (Å²) in [7, 11) is 0. The highest BCUT2D eigenvalue weighted by atomic mass is 32.1. The first-order valence-electron chi connectivity index (χ1n) is 10.3. The molecule has 0 spiro atoms. The molecule has 0 saturated carbocycles. The zero-order chi connectivity index (χ0) is 20.9. The lowest BCUT2D eigenvalue weighted by Crippen LogP contribution is -2.47. The SMILES string of the molecule is Cc1nc(C)c(C(=O)Nc2ccccc2N2CCN(CCc3ccncc3)CC2)s1. The number of benzene rings is 1. The number of piperazine rings is 1. The zero-order valence-corrected chi connectivity index (χ0v) is 18.3. The van der Waals surface area contributed by atoms with Crippen LogP contribution in [0.4, 0.5) is 11.4 Å². The van der Waals surface area contributed by atoms with Crippen LogP contribution in [0.15, 0.2) is 48.8 Å². The van der Waals surface area contributed by atoms with Crippen molar-refractivity contribution in [2.75, 3.05) is 42.9 Å². The molecule has 6 nitrogen and oxygen atoms in total. The summed E-state index contributed by atoms with van der Waals surface area (Å²) >= 11 is 1.44. The van der Waals surface area contributed by atoms with Crippen molar-refractivity contribution >= 4 is 28.6 Å². The summed E-state index contributed by atoms with van der Waals surface area (Å²) in [4.78, 5) is 26.8. The van der Waals surface area contributed by atoms with Crippen LogP contribution in [0.2, 0.25) is 0 Å². The van der Waals surface area contributed by atoms with Gasteiger partial charge in [-0.3, -0.25) is 14.7 Å². The molecule has 2 aromatic heterocycles. The lowest BCUT2D eigenvalue weighted by Gasteiger charge is -2.37. The number of thiazole rings is 1. The first-order chi connectivity index (χ1) is 14.6. The second-order valence-corrected chi connectivity index (χ2v) is 8.76. The number of carbonyl (C=O) groups is 1. The minimum absolute atomic E-state index is 0.0819. The molecule has 7 heteroatoms. The van der Waals surface area contributed by atoms with Crippen LogP contribution in [-0.4, -0.2) is 53.5 Å². The Bertz CT molecular complexity index is 996. The lowest BCUT2D eigenvalue weighted by atomic mass is 10.1. The fourth-order valence-electron chi connectivity index (χ4n) is 3.83. The first-order valence-corrected chi connectivity index (χ1v) is 11.1. The molecule has 1 fully saturated rings. The van der Waals surface area contributed by atoms with Crippen LogP contribution in [0, 0.1) is 13.8 Å². The number of amides is 1. The number of rotatable bonds is 6. The average molecular weight is 422 g/mol. The molecule has 0 unspecified atom stereocenters. The van der Waals surface area contributed by atoms with E-state index in [2.05, 4.69) is 43.3 Å². The van der Waals surface area contributed by atoms with E-state index in [9.17, 15) is 4.79 Å². The summed E-state index contributed by atoms with van der Waals surface area (Å²) in [5, 5.41) is 4.02. The summed E-state index contributed by atoms with van der Waals surface area (Å²) < 4.78 is 0. The Morgan fingerprint density at radius 1 is 1.07 bits per heavy atom. The monoisotopic (exact) mass is 421 g/mol. The fraction of sp³-hybridized carbons (Fsp3) is 0.348. The predicted octanol–water partition coefficient (Wildman–Crippen LogP) is 3.77. The summed E-state index contributed by atoms with van der Waals surface area (Å²) in [5.41, 5.74) is 4.06. The Morgan fingerprint density at radius 3 is 2.50 bits per heavy atom. The molecular formula is C23H27N5OS. The van der Waals surface area contributed by atoms with E-state index >= 15 is 0 Å². The van der Waals surface area contributed by atoms with Crippen molar-refractivity contribution < 1.29 is 4.79 Å². The second kappa shape index (κ2) is 9.36. The number of hydrogen-bond acceptors (Lipinski definition) is 6. The van der Waals surface area contributed by atoms with Gasteiger partial charge in [0.25, 0.3) is 5.91 Å². The maximum atomic E-state index is 12.8. The van der Waals surface area contributed by atoms with Gasteiger partial charge in [-0.2, -0.15) is 0 Å². The standard InChI is InChI=1S/C23H27N5OS/c1-17-22(30-18(2)25-17)23(29)26-20-5-3-4-6-21(20)28-15-13-27(14-16-28)12-9-19-7-10-24-11-8-19/h3-8,10-11H,9,12-16H2,1-2H3,(H,26,29). The molecule has 156 valence electrons. The summed E-state index contributed by atoms with van der Waals surface area (Å²) in [6.07, 6.45) is 4.75. The van der Waals surface area contributed by atoms with E-state index < -0.39 is 0 Å². The smallest absolute Gasteiger partial charge is 0.267 e. The topological polar surface area (TPSA) is 61.4 Å². The number of aromatic nitrogens is 2. The fourth-order valence-corrected chi connectivity index (χ4v) is 4.64. The van der Waals surface area contributed by atoms with Crippen molar-refractivity contribution in [1.29, 1.82) is 0 Å². The number of hydrogen-bond donors (Lipinski definition) is 1. The average Bonchev–Trinajstić information content (AvgIpc) is 3.12. The number of anilines is 2. The van der Waals surface area contributed by atoms with E-state index in [1.54, 1.807) is 0 Å². The van der Waals surface area contributed by atoms with Gasteiger partial charge in [0.15, 0.2) is 0 Å². The highest BCUT2D eigenvalue weighted by molar-refractivity contribution is 7.13. The minimum Gasteiger partial charge on any atom is -0.367 e. The van der Waals surface area contributed by atoms with Crippen molar-refractivity contribution in [3.05, 3.63) is 69.9 Å². The molecule has 0 aliphatic carbocycles. The van der Waals surface area contributed by atoms with Crippen LogP contribution >= 0.6 is 11.3 Å². The number of aryl methyl sites for hydroxylation is 2. The van der Waals surface area contributed by atoms with Gasteiger partial charge >= 0.3 is 0 Å². The van der Waals surface area contributed by atoms with Crippen LogP contribution in [0.25, 0.3) is 0 Å². The predicted molar refractivity (Wildman–Crippen MR) is 123 cm³/mol. The van der Waals surface area contributed by atoms with Gasteiger partial charge in [0.1, 0.15) is 4.88 Å². The molecular weight excluding hydrogens is 394 g/mol. The molecule has 0 bridgehead atoms. The number of pyridine rings is 1. The number of para-hydroxylation sites is 2. The van der Waals surface area contributed by atoms with Crippen molar-refractivity contribution in [1.82, 2.24) is 14.9 Å². The van der Waals surface area contributed by atoms with E-state index in [0.29, 0.717) is 4.88 Å². The Balaban J connectivity index is 1.37. The normalized spacial score (nSPS) is 14.7. The van der Waals surface area contributed by atoms with E-state index in [1.807, 2.05) is 44.4 Å². The molecule has 3 aromatic rings. The number of carbonyl (C=O) groups excluding carboxylic acids is 1. The first kappa shape index (κ1) is 20.5. The Hall–Kier alpha value is -2.77. The van der Waals surface area contributed by atoms with Crippen LogP contribution < -0.4 is 10.2 Å². The van der Waals surface area contributed by atoms with Gasteiger partial charge < -0.3 is 10.2 Å². The van der Waals surface area contributed by atoms with E-state index in [0.717, 1.165) is 61.2 Å². The van der Waals surface area contributed by atoms with Crippen LogP contribution in [-0.2, 0) is 6.42 Å².